The third-order valence-corrected chi connectivity index (χ3v) is 5.56. The van der Waals surface area contributed by atoms with Gasteiger partial charge in [0, 0.05) is 11.5 Å². The number of Topliss-reactive ketones (excluding diaryl/α,β-unsaturated/α-hetero) is 1. The molecule has 0 radical (unpaired) electrons. The van der Waals surface area contributed by atoms with E-state index in [0.29, 0.717) is 23.0 Å². The maximum Gasteiger partial charge on any atom is 0.191 e. The number of carbonyl (C=O) groups excluding carboxylic acids is 1. The number of thioether (sulfide) groups is 1. The van der Waals surface area contributed by atoms with Crippen LogP contribution in [0.25, 0.3) is 0 Å². The van der Waals surface area contributed by atoms with E-state index in [0.717, 1.165) is 17.5 Å². The molecule has 138 valence electrons. The van der Waals surface area contributed by atoms with Crippen LogP contribution in [0.15, 0.2) is 59.8 Å². The molecule has 0 spiro atoms. The summed E-state index contributed by atoms with van der Waals surface area (Å²) in [7, 11) is 1.60. The maximum absolute atomic E-state index is 12.6. The van der Waals surface area contributed by atoms with Crippen molar-refractivity contribution in [3.8, 4) is 5.75 Å². The Balaban J connectivity index is 1.50. The Kier molecular flexibility index (Phi) is 5.25. The molecule has 6 heteroatoms. The minimum absolute atomic E-state index is 0.0566. The monoisotopic (exact) mass is 379 g/mol. The van der Waals surface area contributed by atoms with E-state index in [1.807, 2.05) is 36.4 Å². The second-order valence-corrected chi connectivity index (χ2v) is 7.57. The van der Waals surface area contributed by atoms with Crippen molar-refractivity contribution in [2.24, 2.45) is 0 Å². The van der Waals surface area contributed by atoms with Gasteiger partial charge in [-0.05, 0) is 30.5 Å². The van der Waals surface area contributed by atoms with E-state index in [1.165, 1.54) is 30.2 Å². The number of nitrogens with zero attached hydrogens (tertiary/aromatic N) is 3. The first kappa shape index (κ1) is 17.8. The first-order chi connectivity index (χ1) is 13.2. The molecule has 1 aliphatic rings. The summed E-state index contributed by atoms with van der Waals surface area (Å²) >= 11 is 1.45. The van der Waals surface area contributed by atoms with Crippen LogP contribution < -0.4 is 4.74 Å². The predicted molar refractivity (Wildman–Crippen MR) is 106 cm³/mol. The van der Waals surface area contributed by atoms with E-state index in [1.54, 1.807) is 13.2 Å². The number of hydrogen-bond acceptors (Lipinski definition) is 5. The highest BCUT2D eigenvalue weighted by atomic mass is 32.2. The molecule has 0 atom stereocenters. The Morgan fingerprint density at radius 1 is 1.15 bits per heavy atom. The topological polar surface area (TPSA) is 57.0 Å². The zero-order chi connectivity index (χ0) is 18.6. The van der Waals surface area contributed by atoms with Gasteiger partial charge in [0.2, 0.25) is 0 Å². The van der Waals surface area contributed by atoms with Crippen LogP contribution in [0.4, 0.5) is 0 Å². The molecule has 3 aromatic rings. The van der Waals surface area contributed by atoms with Crippen LogP contribution in [-0.2, 0) is 6.54 Å². The van der Waals surface area contributed by atoms with Gasteiger partial charge in [-0.1, -0.05) is 54.2 Å². The summed E-state index contributed by atoms with van der Waals surface area (Å²) in [6.07, 6.45) is 2.33. The number of benzene rings is 2. The molecule has 0 saturated heterocycles. The fraction of sp³-hybridized carbons (Fsp3) is 0.286. The first-order valence-electron chi connectivity index (χ1n) is 9.01. The van der Waals surface area contributed by atoms with Gasteiger partial charge in [0.25, 0.3) is 0 Å². The lowest BCUT2D eigenvalue weighted by atomic mass is 10.1. The van der Waals surface area contributed by atoms with Gasteiger partial charge in [-0.15, -0.1) is 10.2 Å². The van der Waals surface area contributed by atoms with E-state index in [-0.39, 0.29) is 5.78 Å². The minimum atomic E-state index is 0.0566. The first-order valence-corrected chi connectivity index (χ1v) is 10.00. The molecule has 2 aromatic carbocycles. The van der Waals surface area contributed by atoms with Gasteiger partial charge in [0.15, 0.2) is 10.9 Å². The molecular formula is C21H21N3O2S. The lowest BCUT2D eigenvalue weighted by molar-refractivity contribution is 0.102. The molecular weight excluding hydrogens is 358 g/mol. The van der Waals surface area contributed by atoms with E-state index in [9.17, 15) is 4.79 Å². The molecule has 0 unspecified atom stereocenters. The number of carbonyl (C=O) groups is 1. The zero-order valence-electron chi connectivity index (χ0n) is 15.2. The average molecular weight is 379 g/mol. The van der Waals surface area contributed by atoms with E-state index in [4.69, 9.17) is 4.74 Å². The Labute approximate surface area is 162 Å². The largest absolute Gasteiger partial charge is 0.497 e. The number of methoxy groups -OCH3 is 1. The van der Waals surface area contributed by atoms with Gasteiger partial charge >= 0.3 is 0 Å². The fourth-order valence-electron chi connectivity index (χ4n) is 2.97. The van der Waals surface area contributed by atoms with Gasteiger partial charge in [-0.2, -0.15) is 0 Å². The second kappa shape index (κ2) is 7.96. The number of aromatic nitrogens is 3. The SMILES string of the molecule is COc1cccc(C(=O)CSc2nnc(C3CC3)n2Cc2ccccc2)c1. The van der Waals surface area contributed by atoms with Crippen molar-refractivity contribution < 1.29 is 9.53 Å². The average Bonchev–Trinajstić information content (AvgIpc) is 3.49. The molecule has 0 N–H and O–H groups in total. The lowest BCUT2D eigenvalue weighted by Gasteiger charge is -2.10. The molecule has 1 saturated carbocycles. The van der Waals surface area contributed by atoms with Crippen molar-refractivity contribution >= 4 is 17.5 Å². The van der Waals surface area contributed by atoms with Gasteiger partial charge in [-0.25, -0.2) is 0 Å². The van der Waals surface area contributed by atoms with Crippen LogP contribution in [0.2, 0.25) is 0 Å². The molecule has 1 heterocycles. The van der Waals surface area contributed by atoms with Crippen molar-refractivity contribution in [2.75, 3.05) is 12.9 Å². The summed E-state index contributed by atoms with van der Waals surface area (Å²) in [6.45, 7) is 0.732. The van der Waals surface area contributed by atoms with Crippen molar-refractivity contribution in [3.05, 3.63) is 71.5 Å². The lowest BCUT2D eigenvalue weighted by Crippen LogP contribution is -2.08. The third kappa shape index (κ3) is 4.22. The smallest absolute Gasteiger partial charge is 0.191 e. The van der Waals surface area contributed by atoms with Crippen LogP contribution in [0.1, 0.15) is 40.5 Å². The minimum Gasteiger partial charge on any atom is -0.497 e. The number of ether oxygens (including phenoxy) is 1. The molecule has 4 rings (SSSR count). The predicted octanol–water partition coefficient (Wildman–Crippen LogP) is 4.19. The van der Waals surface area contributed by atoms with Gasteiger partial charge in [0.05, 0.1) is 19.4 Å². The third-order valence-electron chi connectivity index (χ3n) is 4.60. The summed E-state index contributed by atoms with van der Waals surface area (Å²) in [5.41, 5.74) is 1.86. The van der Waals surface area contributed by atoms with Crippen molar-refractivity contribution in [1.29, 1.82) is 0 Å². The Bertz CT molecular complexity index is 936. The highest BCUT2D eigenvalue weighted by molar-refractivity contribution is 7.99. The number of hydrogen-bond donors (Lipinski definition) is 0. The highest BCUT2D eigenvalue weighted by Crippen LogP contribution is 2.40. The molecule has 1 aromatic heterocycles. The maximum atomic E-state index is 12.6. The summed E-state index contributed by atoms with van der Waals surface area (Å²) < 4.78 is 7.37. The van der Waals surface area contributed by atoms with Crippen LogP contribution >= 0.6 is 11.8 Å². The second-order valence-electron chi connectivity index (χ2n) is 6.63. The Morgan fingerprint density at radius 3 is 2.70 bits per heavy atom. The van der Waals surface area contributed by atoms with Crippen LogP contribution in [-0.4, -0.2) is 33.4 Å². The molecule has 0 amide bonds. The van der Waals surface area contributed by atoms with Crippen LogP contribution in [0, 0.1) is 0 Å². The summed E-state index contributed by atoms with van der Waals surface area (Å²) in [5.74, 6) is 2.61. The fourth-order valence-corrected chi connectivity index (χ4v) is 3.81. The van der Waals surface area contributed by atoms with Crippen LogP contribution in [0.5, 0.6) is 5.75 Å². The van der Waals surface area contributed by atoms with Gasteiger partial charge < -0.3 is 9.30 Å². The molecule has 1 aliphatic carbocycles. The Morgan fingerprint density at radius 2 is 1.96 bits per heavy atom. The van der Waals surface area contributed by atoms with Gasteiger partial charge in [-0.3, -0.25) is 4.79 Å². The van der Waals surface area contributed by atoms with Crippen molar-refractivity contribution in [2.45, 2.75) is 30.5 Å². The van der Waals surface area contributed by atoms with E-state index >= 15 is 0 Å². The van der Waals surface area contributed by atoms with Gasteiger partial charge in [0.1, 0.15) is 11.6 Å². The standard InChI is InChI=1S/C21H21N3O2S/c1-26-18-9-5-8-17(12-18)19(25)14-27-21-23-22-20(16-10-11-16)24(21)13-15-6-3-2-4-7-15/h2-9,12,16H,10-11,13-14H2,1H3. The number of rotatable bonds is 8. The van der Waals surface area contributed by atoms with E-state index in [2.05, 4.69) is 26.9 Å². The highest BCUT2D eigenvalue weighted by Gasteiger charge is 2.30. The quantitative estimate of drug-likeness (QED) is 0.434. The normalized spacial score (nSPS) is 13.5. The summed E-state index contributed by atoms with van der Waals surface area (Å²) in [5, 5.41) is 9.59. The summed E-state index contributed by atoms with van der Waals surface area (Å²) in [6, 6.07) is 17.6. The molecule has 0 aliphatic heterocycles. The number of ketones is 1. The molecule has 5 nitrogen and oxygen atoms in total. The molecule has 0 bridgehead atoms. The van der Waals surface area contributed by atoms with Crippen molar-refractivity contribution in [3.63, 3.8) is 0 Å². The Hall–Kier alpha value is -2.60. The van der Waals surface area contributed by atoms with Crippen LogP contribution in [0.3, 0.4) is 0 Å². The zero-order valence-corrected chi connectivity index (χ0v) is 16.0. The van der Waals surface area contributed by atoms with E-state index < -0.39 is 0 Å². The summed E-state index contributed by atoms with van der Waals surface area (Å²) in [4.78, 5) is 12.6. The van der Waals surface area contributed by atoms with Crippen molar-refractivity contribution in [1.82, 2.24) is 14.8 Å². The molecule has 27 heavy (non-hydrogen) atoms. The molecule has 1 fully saturated rings.